The molecule has 19 heavy (non-hydrogen) atoms. The smallest absolute Gasteiger partial charge is 0.140 e. The van der Waals surface area contributed by atoms with E-state index < -0.39 is 0 Å². The molecule has 0 fully saturated rings. The quantitative estimate of drug-likeness (QED) is 0.584. The molecule has 0 radical (unpaired) electrons. The largest absolute Gasteiger partial charge is 0.299 e. The highest BCUT2D eigenvalue weighted by Crippen LogP contribution is 2.26. The Balaban J connectivity index is 2.63. The van der Waals surface area contributed by atoms with Crippen LogP contribution in [-0.4, -0.2) is 5.78 Å². The van der Waals surface area contributed by atoms with Crippen LogP contribution in [0.4, 0.5) is 0 Å². The Morgan fingerprint density at radius 2 is 1.74 bits per heavy atom. The number of ketones is 1. The van der Waals surface area contributed by atoms with Gasteiger partial charge in [0.2, 0.25) is 0 Å². The second-order valence-electron chi connectivity index (χ2n) is 5.46. The summed E-state index contributed by atoms with van der Waals surface area (Å²) in [6.07, 6.45) is 6.45. The lowest BCUT2D eigenvalue weighted by Gasteiger charge is -2.19. The number of hydrogen-bond acceptors (Lipinski definition) is 1. The summed E-state index contributed by atoms with van der Waals surface area (Å²) < 4.78 is 0. The van der Waals surface area contributed by atoms with Crippen molar-refractivity contribution in [1.82, 2.24) is 0 Å². The zero-order chi connectivity index (χ0) is 14.1. The molecule has 1 nitrogen and oxygen atoms in total. The van der Waals surface area contributed by atoms with E-state index in [4.69, 9.17) is 0 Å². The fourth-order valence-electron chi connectivity index (χ4n) is 2.70. The number of Topliss-reactive ketones (excluding diaryl/α,β-unsaturated/α-hetero) is 1. The molecular formula is C18H28O. The van der Waals surface area contributed by atoms with Crippen LogP contribution in [0.2, 0.25) is 0 Å². The summed E-state index contributed by atoms with van der Waals surface area (Å²) in [6, 6.07) is 10.2. The van der Waals surface area contributed by atoms with Crippen molar-refractivity contribution in [3.05, 3.63) is 35.9 Å². The number of carbonyl (C=O) groups is 1. The van der Waals surface area contributed by atoms with Gasteiger partial charge in [-0.2, -0.15) is 0 Å². The van der Waals surface area contributed by atoms with E-state index in [1.165, 1.54) is 24.8 Å². The maximum absolute atomic E-state index is 12.5. The second-order valence-corrected chi connectivity index (χ2v) is 5.46. The molecule has 0 aliphatic carbocycles. The zero-order valence-electron chi connectivity index (χ0n) is 12.7. The summed E-state index contributed by atoms with van der Waals surface area (Å²) in [7, 11) is 0. The molecule has 0 saturated heterocycles. The summed E-state index contributed by atoms with van der Waals surface area (Å²) in [5, 5.41) is 0. The van der Waals surface area contributed by atoms with Crippen LogP contribution < -0.4 is 0 Å². The van der Waals surface area contributed by atoms with Crippen molar-refractivity contribution in [3.63, 3.8) is 0 Å². The van der Waals surface area contributed by atoms with Gasteiger partial charge in [0.05, 0.1) is 0 Å². The maximum atomic E-state index is 12.5. The van der Waals surface area contributed by atoms with Crippen LogP contribution >= 0.6 is 0 Å². The summed E-state index contributed by atoms with van der Waals surface area (Å²) >= 11 is 0. The molecule has 1 heteroatoms. The Morgan fingerprint density at radius 1 is 1.05 bits per heavy atom. The Morgan fingerprint density at radius 3 is 2.26 bits per heavy atom. The van der Waals surface area contributed by atoms with E-state index in [1.807, 2.05) is 18.2 Å². The van der Waals surface area contributed by atoms with E-state index >= 15 is 0 Å². The number of hydrogen-bond donors (Lipinski definition) is 0. The van der Waals surface area contributed by atoms with Gasteiger partial charge in [-0.15, -0.1) is 0 Å². The highest BCUT2D eigenvalue weighted by Gasteiger charge is 2.21. The molecule has 0 aromatic heterocycles. The summed E-state index contributed by atoms with van der Waals surface area (Å²) in [5.41, 5.74) is 1.18. The molecule has 1 aromatic rings. The molecule has 0 aliphatic rings. The number of carbonyl (C=O) groups excluding carboxylic acids is 1. The number of unbranched alkanes of at least 4 members (excludes halogenated alkanes) is 1. The first-order chi connectivity index (χ1) is 9.22. The van der Waals surface area contributed by atoms with Gasteiger partial charge < -0.3 is 0 Å². The predicted molar refractivity (Wildman–Crippen MR) is 82.4 cm³/mol. The third-order valence-electron chi connectivity index (χ3n) is 4.03. The van der Waals surface area contributed by atoms with Crippen LogP contribution in [0.5, 0.6) is 0 Å². The van der Waals surface area contributed by atoms with Crippen LogP contribution in [0.3, 0.4) is 0 Å². The van der Waals surface area contributed by atoms with Crippen LogP contribution in [0.15, 0.2) is 30.3 Å². The van der Waals surface area contributed by atoms with Crippen LogP contribution in [-0.2, 0) is 4.79 Å². The first kappa shape index (κ1) is 15.9. The molecule has 106 valence electrons. The minimum Gasteiger partial charge on any atom is -0.299 e. The molecule has 0 saturated carbocycles. The standard InChI is InChI=1S/C18H28O/c1-4-7-11-15(5-2)14-18(19)17(6-3)16-12-9-8-10-13-16/h8-10,12-13,15,17H,4-7,11,14H2,1-3H3. The fraction of sp³-hybridized carbons (Fsp3) is 0.611. The average Bonchev–Trinajstić information content (AvgIpc) is 2.45. The molecule has 0 amide bonds. The van der Waals surface area contributed by atoms with Crippen molar-refractivity contribution in [1.29, 1.82) is 0 Å². The summed E-state index contributed by atoms with van der Waals surface area (Å²) in [6.45, 7) is 6.53. The molecule has 0 aliphatic heterocycles. The monoisotopic (exact) mass is 260 g/mol. The third-order valence-corrected chi connectivity index (χ3v) is 4.03. The molecule has 0 bridgehead atoms. The maximum Gasteiger partial charge on any atom is 0.140 e. The van der Waals surface area contributed by atoms with Crippen molar-refractivity contribution in [2.75, 3.05) is 0 Å². The minimum atomic E-state index is 0.0943. The first-order valence-corrected chi connectivity index (χ1v) is 7.80. The van der Waals surface area contributed by atoms with Crippen LogP contribution in [0, 0.1) is 5.92 Å². The van der Waals surface area contributed by atoms with Crippen LogP contribution in [0.25, 0.3) is 0 Å². The highest BCUT2D eigenvalue weighted by atomic mass is 16.1. The van der Waals surface area contributed by atoms with Gasteiger partial charge in [0.1, 0.15) is 5.78 Å². The second kappa shape index (κ2) is 8.90. The SMILES string of the molecule is CCCCC(CC)CC(=O)C(CC)c1ccccc1. The highest BCUT2D eigenvalue weighted by molar-refractivity contribution is 5.85. The fourth-order valence-corrected chi connectivity index (χ4v) is 2.70. The van der Waals surface area contributed by atoms with E-state index in [9.17, 15) is 4.79 Å². The van der Waals surface area contributed by atoms with Crippen molar-refractivity contribution >= 4 is 5.78 Å². The van der Waals surface area contributed by atoms with Crippen molar-refractivity contribution < 1.29 is 4.79 Å². The van der Waals surface area contributed by atoms with E-state index in [0.29, 0.717) is 11.7 Å². The van der Waals surface area contributed by atoms with Crippen molar-refractivity contribution in [2.24, 2.45) is 5.92 Å². The lowest BCUT2D eigenvalue weighted by molar-refractivity contribution is -0.121. The van der Waals surface area contributed by atoms with E-state index in [-0.39, 0.29) is 5.92 Å². The van der Waals surface area contributed by atoms with Gasteiger partial charge in [-0.1, -0.05) is 76.8 Å². The topological polar surface area (TPSA) is 17.1 Å². The van der Waals surface area contributed by atoms with Crippen molar-refractivity contribution in [2.45, 2.75) is 65.2 Å². The Labute approximate surface area is 118 Å². The molecule has 1 aromatic carbocycles. The van der Waals surface area contributed by atoms with Crippen LogP contribution in [0.1, 0.15) is 70.8 Å². The Hall–Kier alpha value is -1.11. The molecule has 0 N–H and O–H groups in total. The molecule has 0 heterocycles. The predicted octanol–water partition coefficient (Wildman–Crippen LogP) is 5.36. The lowest BCUT2D eigenvalue weighted by Crippen LogP contribution is -2.16. The van der Waals surface area contributed by atoms with Gasteiger partial charge in [0.15, 0.2) is 0 Å². The Bertz CT molecular complexity index is 355. The van der Waals surface area contributed by atoms with Crippen molar-refractivity contribution in [3.8, 4) is 0 Å². The first-order valence-electron chi connectivity index (χ1n) is 7.80. The van der Waals surface area contributed by atoms with Gasteiger partial charge in [0, 0.05) is 12.3 Å². The molecule has 2 unspecified atom stereocenters. The zero-order valence-corrected chi connectivity index (χ0v) is 12.7. The van der Waals surface area contributed by atoms with Gasteiger partial charge in [-0.05, 0) is 17.9 Å². The van der Waals surface area contributed by atoms with E-state index in [1.54, 1.807) is 0 Å². The van der Waals surface area contributed by atoms with E-state index in [2.05, 4.69) is 32.9 Å². The molecular weight excluding hydrogens is 232 g/mol. The average molecular weight is 260 g/mol. The molecule has 0 spiro atoms. The lowest BCUT2D eigenvalue weighted by atomic mass is 9.85. The van der Waals surface area contributed by atoms with Gasteiger partial charge >= 0.3 is 0 Å². The normalized spacial score (nSPS) is 14.1. The third kappa shape index (κ3) is 5.18. The van der Waals surface area contributed by atoms with Gasteiger partial charge in [-0.25, -0.2) is 0 Å². The molecule has 1 rings (SSSR count). The van der Waals surface area contributed by atoms with Gasteiger partial charge in [0.25, 0.3) is 0 Å². The number of benzene rings is 1. The summed E-state index contributed by atoms with van der Waals surface area (Å²) in [5.74, 6) is 1.10. The van der Waals surface area contributed by atoms with E-state index in [0.717, 1.165) is 19.3 Å². The van der Waals surface area contributed by atoms with Gasteiger partial charge in [-0.3, -0.25) is 4.79 Å². The summed E-state index contributed by atoms with van der Waals surface area (Å²) in [4.78, 5) is 12.5. The minimum absolute atomic E-state index is 0.0943. The molecule has 2 atom stereocenters. The number of rotatable bonds is 9. The Kier molecular flexibility index (Phi) is 7.47.